The Morgan fingerprint density at radius 1 is 1.17 bits per heavy atom. The van der Waals surface area contributed by atoms with Crippen molar-refractivity contribution in [2.45, 2.75) is 40.2 Å². The fourth-order valence-electron chi connectivity index (χ4n) is 3.53. The molecule has 0 radical (unpaired) electrons. The first kappa shape index (κ1) is 21.3. The van der Waals surface area contributed by atoms with Crippen molar-refractivity contribution in [3.8, 4) is 23.1 Å². The maximum Gasteiger partial charge on any atom is 0.411 e. The normalized spacial score (nSPS) is 10.8. The summed E-state index contributed by atoms with van der Waals surface area (Å²) in [7, 11) is 0. The van der Waals surface area contributed by atoms with Crippen LogP contribution < -0.4 is 10.1 Å². The molecule has 6 nitrogen and oxygen atoms in total. The summed E-state index contributed by atoms with van der Waals surface area (Å²) < 4.78 is 12.9. The van der Waals surface area contributed by atoms with Crippen molar-refractivity contribution in [1.29, 1.82) is 5.26 Å². The average molecular weight is 405 g/mol. The van der Waals surface area contributed by atoms with E-state index in [4.69, 9.17) is 9.47 Å². The first-order chi connectivity index (χ1) is 14.5. The van der Waals surface area contributed by atoms with Crippen molar-refractivity contribution in [2.75, 3.05) is 18.5 Å². The van der Waals surface area contributed by atoms with Crippen LogP contribution in [0.15, 0.2) is 42.5 Å². The van der Waals surface area contributed by atoms with E-state index in [1.165, 1.54) is 0 Å². The Labute approximate surface area is 177 Å². The number of amides is 1. The smallest absolute Gasteiger partial charge is 0.411 e. The number of aromatic nitrogens is 1. The Hall–Kier alpha value is -3.46. The van der Waals surface area contributed by atoms with Crippen molar-refractivity contribution in [1.82, 2.24) is 4.57 Å². The van der Waals surface area contributed by atoms with E-state index in [-0.39, 0.29) is 6.04 Å². The molecule has 0 aliphatic heterocycles. The quantitative estimate of drug-likeness (QED) is 0.514. The number of nitriles is 1. The standard InChI is InChI=1S/C24H27N3O3/c1-5-13-30-19-11-12-20-21(15-25)23(27(16(3)4)22(20)14-19)17-7-9-18(10-8-17)26-24(28)29-6-2/h7-12,14,16H,5-6,13H2,1-4H3,(H,26,28). The molecule has 1 aromatic heterocycles. The minimum Gasteiger partial charge on any atom is -0.494 e. The van der Waals surface area contributed by atoms with Crippen LogP contribution in [0.4, 0.5) is 10.5 Å². The van der Waals surface area contributed by atoms with E-state index in [2.05, 4.69) is 36.7 Å². The van der Waals surface area contributed by atoms with Gasteiger partial charge in [0.15, 0.2) is 0 Å². The molecule has 0 aliphatic carbocycles. The molecule has 1 amide bonds. The molecule has 2 aromatic carbocycles. The van der Waals surface area contributed by atoms with Crippen LogP contribution in [-0.4, -0.2) is 23.9 Å². The number of anilines is 1. The molecular weight excluding hydrogens is 378 g/mol. The Kier molecular flexibility index (Phi) is 6.63. The lowest BCUT2D eigenvalue weighted by atomic mass is 10.1. The maximum absolute atomic E-state index is 11.6. The molecule has 0 aliphatic rings. The Balaban J connectivity index is 2.09. The van der Waals surface area contributed by atoms with Crippen molar-refractivity contribution in [2.24, 2.45) is 0 Å². The molecule has 6 heteroatoms. The topological polar surface area (TPSA) is 76.3 Å². The summed E-state index contributed by atoms with van der Waals surface area (Å²) in [4.78, 5) is 11.6. The molecule has 156 valence electrons. The van der Waals surface area contributed by atoms with Gasteiger partial charge in [-0.2, -0.15) is 5.26 Å². The van der Waals surface area contributed by atoms with E-state index < -0.39 is 6.09 Å². The zero-order valence-corrected chi connectivity index (χ0v) is 17.9. The lowest BCUT2D eigenvalue weighted by molar-refractivity contribution is 0.168. The third-order valence-electron chi connectivity index (χ3n) is 4.76. The molecule has 0 atom stereocenters. The van der Waals surface area contributed by atoms with Gasteiger partial charge in [0.2, 0.25) is 0 Å². The van der Waals surface area contributed by atoms with E-state index in [9.17, 15) is 10.1 Å². The minimum atomic E-state index is -0.487. The number of hydrogen-bond donors (Lipinski definition) is 1. The van der Waals surface area contributed by atoms with Crippen molar-refractivity contribution in [3.05, 3.63) is 48.0 Å². The molecule has 3 aromatic rings. The second kappa shape index (κ2) is 9.36. The van der Waals surface area contributed by atoms with Gasteiger partial charge in [-0.05, 0) is 57.0 Å². The Morgan fingerprint density at radius 3 is 2.50 bits per heavy atom. The van der Waals surface area contributed by atoms with Crippen LogP contribution in [0.5, 0.6) is 5.75 Å². The monoisotopic (exact) mass is 405 g/mol. The van der Waals surface area contributed by atoms with Gasteiger partial charge < -0.3 is 14.0 Å². The largest absolute Gasteiger partial charge is 0.494 e. The highest BCUT2D eigenvalue weighted by molar-refractivity contribution is 5.95. The van der Waals surface area contributed by atoms with Crippen LogP contribution in [-0.2, 0) is 4.74 Å². The molecule has 0 unspecified atom stereocenters. The summed E-state index contributed by atoms with van der Waals surface area (Å²) >= 11 is 0. The molecule has 1 N–H and O–H groups in total. The fourth-order valence-corrected chi connectivity index (χ4v) is 3.53. The summed E-state index contributed by atoms with van der Waals surface area (Å²) in [5, 5.41) is 13.5. The first-order valence-electron chi connectivity index (χ1n) is 10.2. The van der Waals surface area contributed by atoms with Crippen LogP contribution in [0.3, 0.4) is 0 Å². The highest BCUT2D eigenvalue weighted by Crippen LogP contribution is 2.38. The van der Waals surface area contributed by atoms with Gasteiger partial charge in [0.25, 0.3) is 0 Å². The van der Waals surface area contributed by atoms with E-state index >= 15 is 0 Å². The van der Waals surface area contributed by atoms with Crippen LogP contribution in [0.1, 0.15) is 45.7 Å². The van der Waals surface area contributed by atoms with Crippen LogP contribution >= 0.6 is 0 Å². The molecule has 3 rings (SSSR count). The number of benzene rings is 2. The van der Waals surface area contributed by atoms with Gasteiger partial charge in [0.1, 0.15) is 11.8 Å². The lowest BCUT2D eigenvalue weighted by Gasteiger charge is -2.16. The number of nitrogens with one attached hydrogen (secondary N) is 1. The van der Waals surface area contributed by atoms with Crippen molar-refractivity contribution in [3.63, 3.8) is 0 Å². The summed E-state index contributed by atoms with van der Waals surface area (Å²) in [5.41, 5.74) is 4.00. The lowest BCUT2D eigenvalue weighted by Crippen LogP contribution is -2.13. The molecule has 0 bridgehead atoms. The number of nitrogens with zero attached hydrogens (tertiary/aromatic N) is 2. The number of fused-ring (bicyclic) bond motifs is 1. The van der Waals surface area contributed by atoms with E-state index in [1.807, 2.05) is 42.5 Å². The summed E-state index contributed by atoms with van der Waals surface area (Å²) in [6.45, 7) is 8.99. The second-order valence-corrected chi connectivity index (χ2v) is 7.25. The van der Waals surface area contributed by atoms with E-state index in [0.717, 1.165) is 34.3 Å². The third-order valence-corrected chi connectivity index (χ3v) is 4.76. The third kappa shape index (κ3) is 4.25. The van der Waals surface area contributed by atoms with Crippen molar-refractivity contribution < 1.29 is 14.3 Å². The number of carbonyl (C=O) groups is 1. The zero-order valence-electron chi connectivity index (χ0n) is 17.9. The molecule has 1 heterocycles. The van der Waals surface area contributed by atoms with Gasteiger partial charge in [0.05, 0.1) is 30.0 Å². The molecule has 0 fully saturated rings. The number of ether oxygens (including phenoxy) is 2. The second-order valence-electron chi connectivity index (χ2n) is 7.25. The predicted molar refractivity (Wildman–Crippen MR) is 119 cm³/mol. The van der Waals surface area contributed by atoms with Crippen LogP contribution in [0, 0.1) is 11.3 Å². The van der Waals surface area contributed by atoms with Crippen molar-refractivity contribution >= 4 is 22.7 Å². The van der Waals surface area contributed by atoms with E-state index in [0.29, 0.717) is 24.5 Å². The molecule has 30 heavy (non-hydrogen) atoms. The van der Waals surface area contributed by atoms with Gasteiger partial charge in [-0.15, -0.1) is 0 Å². The highest BCUT2D eigenvalue weighted by Gasteiger charge is 2.21. The predicted octanol–water partition coefficient (Wildman–Crippen LogP) is 6.12. The molecular formula is C24H27N3O3. The van der Waals surface area contributed by atoms with E-state index in [1.54, 1.807) is 6.92 Å². The summed E-state index contributed by atoms with van der Waals surface area (Å²) in [5.74, 6) is 0.800. The Morgan fingerprint density at radius 2 is 1.90 bits per heavy atom. The fraction of sp³-hybridized carbons (Fsp3) is 0.333. The van der Waals surface area contributed by atoms with Gasteiger partial charge in [0, 0.05) is 23.2 Å². The molecule has 0 spiro atoms. The first-order valence-corrected chi connectivity index (χ1v) is 10.2. The zero-order chi connectivity index (χ0) is 21.7. The average Bonchev–Trinajstić information content (AvgIpc) is 3.06. The number of carbonyl (C=O) groups excluding carboxylic acids is 1. The van der Waals surface area contributed by atoms with Gasteiger partial charge in [-0.25, -0.2) is 4.79 Å². The molecule has 0 saturated heterocycles. The molecule has 0 saturated carbocycles. The minimum absolute atomic E-state index is 0.142. The van der Waals surface area contributed by atoms with Crippen LogP contribution in [0.2, 0.25) is 0 Å². The SMILES string of the molecule is CCCOc1ccc2c(C#N)c(-c3ccc(NC(=O)OCC)cc3)n(C(C)C)c2c1. The van der Waals surface area contributed by atoms with Gasteiger partial charge in [-0.1, -0.05) is 19.1 Å². The number of hydrogen-bond acceptors (Lipinski definition) is 4. The van der Waals surface area contributed by atoms with Gasteiger partial charge in [-0.3, -0.25) is 5.32 Å². The Bertz CT molecular complexity index is 1080. The maximum atomic E-state index is 11.6. The van der Waals surface area contributed by atoms with Crippen LogP contribution in [0.25, 0.3) is 22.2 Å². The van der Waals surface area contributed by atoms with Gasteiger partial charge >= 0.3 is 6.09 Å². The summed E-state index contributed by atoms with van der Waals surface area (Å²) in [6, 6.07) is 15.8. The number of rotatable bonds is 7. The summed E-state index contributed by atoms with van der Waals surface area (Å²) in [6.07, 6.45) is 0.447. The highest BCUT2D eigenvalue weighted by atomic mass is 16.5.